The van der Waals surface area contributed by atoms with Crippen LogP contribution in [0.25, 0.3) is 0 Å². The Kier molecular flexibility index (Phi) is 4.99. The highest BCUT2D eigenvalue weighted by atomic mass is 16.5. The fourth-order valence-corrected chi connectivity index (χ4v) is 1.92. The molecule has 0 unspecified atom stereocenters. The van der Waals surface area contributed by atoms with Crippen LogP contribution in [0.4, 0.5) is 11.4 Å². The molecule has 0 fully saturated rings. The molecule has 4 heteroatoms. The molecule has 0 atom stereocenters. The highest BCUT2D eigenvalue weighted by molar-refractivity contribution is 5.91. The molecule has 2 rings (SSSR count). The number of carbonyl (C=O) groups is 1. The van der Waals surface area contributed by atoms with Crippen LogP contribution in [0.1, 0.15) is 5.56 Å². The van der Waals surface area contributed by atoms with Crippen molar-refractivity contribution in [2.45, 2.75) is 6.42 Å². The van der Waals surface area contributed by atoms with Gasteiger partial charge in [0, 0.05) is 11.4 Å². The van der Waals surface area contributed by atoms with E-state index in [1.165, 1.54) is 0 Å². The molecule has 2 aromatic carbocycles. The Labute approximate surface area is 124 Å². The predicted octanol–water partition coefficient (Wildman–Crippen LogP) is 3.01. The summed E-state index contributed by atoms with van der Waals surface area (Å²) in [6.07, 6.45) is 2.41. The molecule has 108 valence electrons. The Morgan fingerprint density at radius 2 is 2.00 bits per heavy atom. The Bertz CT molecular complexity index is 624. The van der Waals surface area contributed by atoms with E-state index in [9.17, 15) is 4.79 Å². The number of allylic oxidation sites excluding steroid dienone is 1. The molecule has 1 amide bonds. The lowest BCUT2D eigenvalue weighted by Gasteiger charge is -2.11. The number of para-hydroxylation sites is 1. The van der Waals surface area contributed by atoms with E-state index < -0.39 is 0 Å². The third kappa shape index (κ3) is 4.38. The van der Waals surface area contributed by atoms with Gasteiger partial charge in [0.15, 0.2) is 6.61 Å². The summed E-state index contributed by atoms with van der Waals surface area (Å²) in [5.74, 6) is 0.440. The number of rotatable bonds is 6. The Morgan fingerprint density at radius 1 is 1.24 bits per heavy atom. The van der Waals surface area contributed by atoms with Crippen LogP contribution < -0.4 is 15.8 Å². The number of hydrogen-bond acceptors (Lipinski definition) is 3. The predicted molar refractivity (Wildman–Crippen MR) is 85.3 cm³/mol. The summed E-state index contributed by atoms with van der Waals surface area (Å²) in [7, 11) is 0. The van der Waals surface area contributed by atoms with Crippen LogP contribution in [0.2, 0.25) is 0 Å². The van der Waals surface area contributed by atoms with Gasteiger partial charge < -0.3 is 15.8 Å². The molecular weight excluding hydrogens is 264 g/mol. The minimum absolute atomic E-state index is 0.0526. The van der Waals surface area contributed by atoms with Crippen LogP contribution in [0.5, 0.6) is 5.75 Å². The van der Waals surface area contributed by atoms with Crippen molar-refractivity contribution in [1.82, 2.24) is 0 Å². The van der Waals surface area contributed by atoms with E-state index in [2.05, 4.69) is 11.9 Å². The lowest BCUT2D eigenvalue weighted by Crippen LogP contribution is -2.20. The van der Waals surface area contributed by atoms with E-state index in [0.29, 0.717) is 17.9 Å². The normalized spacial score (nSPS) is 9.90. The van der Waals surface area contributed by atoms with Gasteiger partial charge in [-0.3, -0.25) is 4.79 Å². The summed E-state index contributed by atoms with van der Waals surface area (Å²) in [6.45, 7) is 3.65. The molecule has 2 aromatic rings. The van der Waals surface area contributed by atoms with Gasteiger partial charge in [-0.15, -0.1) is 6.58 Å². The summed E-state index contributed by atoms with van der Waals surface area (Å²) >= 11 is 0. The largest absolute Gasteiger partial charge is 0.483 e. The van der Waals surface area contributed by atoms with Gasteiger partial charge in [0.05, 0.1) is 0 Å². The first kappa shape index (κ1) is 14.7. The molecule has 0 saturated heterocycles. The van der Waals surface area contributed by atoms with Gasteiger partial charge in [-0.1, -0.05) is 24.3 Å². The molecule has 0 bridgehead atoms. The second-order valence-corrected chi connectivity index (χ2v) is 4.56. The van der Waals surface area contributed by atoms with Gasteiger partial charge in [-0.2, -0.15) is 0 Å². The zero-order valence-corrected chi connectivity index (χ0v) is 11.7. The van der Waals surface area contributed by atoms with E-state index in [0.717, 1.165) is 11.3 Å². The molecule has 4 nitrogen and oxygen atoms in total. The lowest BCUT2D eigenvalue weighted by atomic mass is 10.1. The van der Waals surface area contributed by atoms with Gasteiger partial charge in [0.1, 0.15) is 5.75 Å². The molecule has 0 heterocycles. The number of amides is 1. The molecule has 21 heavy (non-hydrogen) atoms. The monoisotopic (exact) mass is 282 g/mol. The summed E-state index contributed by atoms with van der Waals surface area (Å²) < 4.78 is 5.56. The highest BCUT2D eigenvalue weighted by Crippen LogP contribution is 2.22. The first-order valence-corrected chi connectivity index (χ1v) is 6.66. The van der Waals surface area contributed by atoms with Crippen molar-refractivity contribution in [2.24, 2.45) is 0 Å². The van der Waals surface area contributed by atoms with Crippen LogP contribution in [0.3, 0.4) is 0 Å². The summed E-state index contributed by atoms with van der Waals surface area (Å²) in [5.41, 5.74) is 8.07. The highest BCUT2D eigenvalue weighted by Gasteiger charge is 2.07. The van der Waals surface area contributed by atoms with E-state index in [1.54, 1.807) is 18.2 Å². The topological polar surface area (TPSA) is 64.3 Å². The Balaban J connectivity index is 1.96. The van der Waals surface area contributed by atoms with Crippen molar-refractivity contribution in [3.63, 3.8) is 0 Å². The summed E-state index contributed by atoms with van der Waals surface area (Å²) in [6, 6.07) is 14.6. The van der Waals surface area contributed by atoms with Crippen molar-refractivity contribution in [3.05, 3.63) is 66.7 Å². The molecule has 0 aliphatic heterocycles. The maximum Gasteiger partial charge on any atom is 0.262 e. The van der Waals surface area contributed by atoms with Crippen LogP contribution in [0, 0.1) is 0 Å². The quantitative estimate of drug-likeness (QED) is 0.632. The third-order valence-corrected chi connectivity index (χ3v) is 2.87. The average Bonchev–Trinajstić information content (AvgIpc) is 2.48. The fourth-order valence-electron chi connectivity index (χ4n) is 1.92. The second-order valence-electron chi connectivity index (χ2n) is 4.56. The zero-order valence-electron chi connectivity index (χ0n) is 11.7. The number of carbonyl (C=O) groups excluding carboxylic acids is 1. The first-order valence-electron chi connectivity index (χ1n) is 6.66. The average molecular weight is 282 g/mol. The van der Waals surface area contributed by atoms with Crippen LogP contribution >= 0.6 is 0 Å². The standard InChI is InChI=1S/C17H18N2O2/c1-2-6-13-11-14(18)9-10-16(13)21-12-17(20)19-15-7-4-3-5-8-15/h2-5,7-11H,1,6,12,18H2,(H,19,20). The molecular formula is C17H18N2O2. The number of benzene rings is 2. The van der Waals surface area contributed by atoms with Crippen molar-refractivity contribution >= 4 is 17.3 Å². The van der Waals surface area contributed by atoms with E-state index in [4.69, 9.17) is 10.5 Å². The third-order valence-electron chi connectivity index (χ3n) is 2.87. The second kappa shape index (κ2) is 7.14. The molecule has 0 saturated carbocycles. The fraction of sp³-hybridized carbons (Fsp3) is 0.118. The molecule has 0 aliphatic rings. The van der Waals surface area contributed by atoms with Crippen molar-refractivity contribution in [3.8, 4) is 5.75 Å². The molecule has 0 aromatic heterocycles. The first-order chi connectivity index (χ1) is 10.2. The van der Waals surface area contributed by atoms with E-state index in [-0.39, 0.29) is 12.5 Å². The van der Waals surface area contributed by atoms with Crippen molar-refractivity contribution < 1.29 is 9.53 Å². The molecule has 0 aliphatic carbocycles. The van der Waals surface area contributed by atoms with E-state index in [1.807, 2.05) is 36.4 Å². The zero-order chi connectivity index (χ0) is 15.1. The van der Waals surface area contributed by atoms with Gasteiger partial charge >= 0.3 is 0 Å². The minimum atomic E-state index is -0.206. The molecule has 0 spiro atoms. The number of hydrogen-bond donors (Lipinski definition) is 2. The molecule has 0 radical (unpaired) electrons. The number of ether oxygens (including phenoxy) is 1. The maximum atomic E-state index is 11.8. The minimum Gasteiger partial charge on any atom is -0.483 e. The van der Waals surface area contributed by atoms with Crippen LogP contribution in [-0.4, -0.2) is 12.5 Å². The van der Waals surface area contributed by atoms with Crippen LogP contribution in [-0.2, 0) is 11.2 Å². The SMILES string of the molecule is C=CCc1cc(N)ccc1OCC(=O)Nc1ccccc1. The van der Waals surface area contributed by atoms with Gasteiger partial charge in [-0.25, -0.2) is 0 Å². The number of nitrogens with two attached hydrogens (primary N) is 1. The van der Waals surface area contributed by atoms with Gasteiger partial charge in [-0.05, 0) is 42.3 Å². The van der Waals surface area contributed by atoms with Crippen LogP contribution in [0.15, 0.2) is 61.2 Å². The number of nitrogen functional groups attached to an aromatic ring is 1. The van der Waals surface area contributed by atoms with Gasteiger partial charge in [0.2, 0.25) is 0 Å². The number of nitrogens with one attached hydrogen (secondary N) is 1. The molecule has 3 N–H and O–H groups in total. The summed E-state index contributed by atoms with van der Waals surface area (Å²) in [4.78, 5) is 11.8. The van der Waals surface area contributed by atoms with Crippen molar-refractivity contribution in [2.75, 3.05) is 17.7 Å². The Morgan fingerprint density at radius 3 is 2.71 bits per heavy atom. The lowest BCUT2D eigenvalue weighted by molar-refractivity contribution is -0.118. The Hall–Kier alpha value is -2.75. The smallest absolute Gasteiger partial charge is 0.262 e. The number of anilines is 2. The van der Waals surface area contributed by atoms with Gasteiger partial charge in [0.25, 0.3) is 5.91 Å². The summed E-state index contributed by atoms with van der Waals surface area (Å²) in [5, 5.41) is 2.77. The van der Waals surface area contributed by atoms with Crippen molar-refractivity contribution in [1.29, 1.82) is 0 Å². The van der Waals surface area contributed by atoms with E-state index >= 15 is 0 Å². The maximum absolute atomic E-state index is 11.8.